The van der Waals surface area contributed by atoms with E-state index in [0.29, 0.717) is 19.6 Å². The zero-order chi connectivity index (χ0) is 15.6. The Morgan fingerprint density at radius 2 is 1.86 bits per heavy atom. The Kier molecular flexibility index (Phi) is 15.3. The lowest BCUT2D eigenvalue weighted by Crippen LogP contribution is -1.92. The molecule has 0 aliphatic heterocycles. The summed E-state index contributed by atoms with van der Waals surface area (Å²) < 4.78 is 5.40. The normalized spacial score (nSPS) is 10.9. The van der Waals surface area contributed by atoms with Gasteiger partial charge in [-0.2, -0.15) is 0 Å². The number of hydrogen-bond acceptors (Lipinski definition) is 2. The van der Waals surface area contributed by atoms with Crippen molar-refractivity contribution in [3.05, 3.63) is 42.2 Å². The summed E-state index contributed by atoms with van der Waals surface area (Å²) in [6.07, 6.45) is 18.5. The van der Waals surface area contributed by atoms with Gasteiger partial charge in [0.25, 0.3) is 0 Å². The summed E-state index contributed by atoms with van der Waals surface area (Å²) >= 11 is 0. The van der Waals surface area contributed by atoms with E-state index in [4.69, 9.17) is 9.84 Å². The average molecular weight is 292 g/mol. The van der Waals surface area contributed by atoms with Crippen molar-refractivity contribution in [2.45, 2.75) is 51.9 Å². The summed E-state index contributed by atoms with van der Waals surface area (Å²) in [6.45, 7) is 3.42. The van der Waals surface area contributed by atoms with Crippen LogP contribution in [0.5, 0.6) is 0 Å². The predicted molar refractivity (Wildman–Crippen MR) is 87.4 cm³/mol. The van der Waals surface area contributed by atoms with Gasteiger partial charge in [-0.05, 0) is 37.8 Å². The van der Waals surface area contributed by atoms with E-state index < -0.39 is 5.97 Å². The molecule has 0 atom stereocenters. The van der Waals surface area contributed by atoms with E-state index in [9.17, 15) is 4.79 Å². The lowest BCUT2D eigenvalue weighted by atomic mass is 10.2. The smallest absolute Gasteiger partial charge is 0.303 e. The first kappa shape index (κ1) is 19.4. The van der Waals surface area contributed by atoms with Crippen LogP contribution in [0.15, 0.2) is 42.2 Å². The minimum Gasteiger partial charge on any atom is -0.481 e. The number of aliphatic carboxylic acids is 1. The van der Waals surface area contributed by atoms with Crippen molar-refractivity contribution in [1.29, 1.82) is 0 Å². The van der Waals surface area contributed by atoms with Crippen molar-refractivity contribution < 1.29 is 14.6 Å². The molecule has 0 spiro atoms. The highest BCUT2D eigenvalue weighted by Gasteiger charge is 1.90. The summed E-state index contributed by atoms with van der Waals surface area (Å²) in [5, 5.41) is 8.44. The Hall–Kier alpha value is -1.57. The zero-order valence-corrected chi connectivity index (χ0v) is 13.1. The van der Waals surface area contributed by atoms with E-state index in [1.165, 1.54) is 19.3 Å². The topological polar surface area (TPSA) is 46.5 Å². The molecule has 0 aromatic heterocycles. The van der Waals surface area contributed by atoms with Crippen molar-refractivity contribution in [3.8, 4) is 0 Å². The minimum absolute atomic E-state index is 0.152. The lowest BCUT2D eigenvalue weighted by Gasteiger charge is -1.95. The van der Waals surface area contributed by atoms with Crippen LogP contribution in [-0.4, -0.2) is 24.3 Å². The highest BCUT2D eigenvalue weighted by atomic mass is 16.5. The third-order valence-corrected chi connectivity index (χ3v) is 2.70. The van der Waals surface area contributed by atoms with Crippen LogP contribution >= 0.6 is 0 Å². The van der Waals surface area contributed by atoms with Gasteiger partial charge in [-0.25, -0.2) is 0 Å². The second kappa shape index (κ2) is 16.5. The van der Waals surface area contributed by atoms with Gasteiger partial charge >= 0.3 is 5.97 Å². The van der Waals surface area contributed by atoms with Crippen molar-refractivity contribution >= 4 is 5.97 Å². The summed E-state index contributed by atoms with van der Waals surface area (Å²) in [5.74, 6) is -0.781. The zero-order valence-electron chi connectivity index (χ0n) is 13.1. The maximum absolute atomic E-state index is 10.3. The number of hydrogen-bond donors (Lipinski definition) is 1. The molecule has 118 valence electrons. The van der Waals surface area contributed by atoms with E-state index in [1.807, 2.05) is 0 Å². The largest absolute Gasteiger partial charge is 0.481 e. The molecular weight excluding hydrogens is 264 g/mol. The van der Waals surface area contributed by atoms with Crippen LogP contribution in [-0.2, 0) is 9.53 Å². The molecule has 0 radical (unpaired) electrons. The van der Waals surface area contributed by atoms with Crippen LogP contribution in [0.2, 0.25) is 0 Å². The van der Waals surface area contributed by atoms with Crippen molar-refractivity contribution in [1.82, 2.24) is 0 Å². The third-order valence-electron chi connectivity index (χ3n) is 2.70. The number of carboxylic acids is 1. The first-order valence-corrected chi connectivity index (χ1v) is 7.76. The van der Waals surface area contributed by atoms with E-state index in [0.717, 1.165) is 12.8 Å². The Morgan fingerprint density at radius 1 is 1.10 bits per heavy atom. The van der Waals surface area contributed by atoms with E-state index in [-0.39, 0.29) is 6.42 Å². The van der Waals surface area contributed by atoms with Gasteiger partial charge in [0.15, 0.2) is 0 Å². The molecule has 0 fully saturated rings. The summed E-state index contributed by atoms with van der Waals surface area (Å²) in [6, 6.07) is 0. The Bertz CT molecular complexity index is 361. The Morgan fingerprint density at radius 3 is 2.57 bits per heavy atom. The van der Waals surface area contributed by atoms with Crippen molar-refractivity contribution in [2.75, 3.05) is 13.2 Å². The Labute approximate surface area is 128 Å². The lowest BCUT2D eigenvalue weighted by molar-refractivity contribution is -0.136. The molecule has 0 aliphatic rings. The molecule has 0 aromatic carbocycles. The summed E-state index contributed by atoms with van der Waals surface area (Å²) in [7, 11) is 0. The SMILES string of the molecule is CCCCC=CCC=CCCOCC=C=CCCC(=O)O. The predicted octanol–water partition coefficient (Wildman–Crippen LogP) is 4.66. The quantitative estimate of drug-likeness (QED) is 0.305. The molecule has 0 heterocycles. The van der Waals surface area contributed by atoms with Gasteiger partial charge in [-0.1, -0.05) is 44.1 Å². The number of allylic oxidation sites excluding steroid dienone is 3. The number of carbonyl (C=O) groups is 1. The van der Waals surface area contributed by atoms with E-state index in [2.05, 4.69) is 37.0 Å². The van der Waals surface area contributed by atoms with Crippen LogP contribution in [0.4, 0.5) is 0 Å². The van der Waals surface area contributed by atoms with Crippen LogP contribution in [0.3, 0.4) is 0 Å². The van der Waals surface area contributed by atoms with Crippen LogP contribution in [0.25, 0.3) is 0 Å². The molecule has 0 amide bonds. The van der Waals surface area contributed by atoms with E-state index in [1.54, 1.807) is 12.2 Å². The molecule has 3 heteroatoms. The molecule has 0 saturated carbocycles. The van der Waals surface area contributed by atoms with E-state index >= 15 is 0 Å². The van der Waals surface area contributed by atoms with Gasteiger partial charge in [-0.15, -0.1) is 5.73 Å². The number of ether oxygens (including phenoxy) is 1. The molecule has 21 heavy (non-hydrogen) atoms. The molecule has 0 aliphatic carbocycles. The third kappa shape index (κ3) is 18.4. The number of unbranched alkanes of at least 4 members (excludes halogenated alkanes) is 2. The van der Waals surface area contributed by atoms with Crippen LogP contribution in [0, 0.1) is 0 Å². The van der Waals surface area contributed by atoms with Gasteiger partial charge < -0.3 is 9.84 Å². The van der Waals surface area contributed by atoms with Crippen molar-refractivity contribution in [2.24, 2.45) is 0 Å². The van der Waals surface area contributed by atoms with Gasteiger partial charge in [0.1, 0.15) is 0 Å². The maximum Gasteiger partial charge on any atom is 0.303 e. The molecular formula is C18H28O3. The van der Waals surface area contributed by atoms with Gasteiger partial charge in [-0.3, -0.25) is 4.79 Å². The summed E-state index contributed by atoms with van der Waals surface area (Å²) in [5.41, 5.74) is 2.91. The van der Waals surface area contributed by atoms with Crippen LogP contribution < -0.4 is 0 Å². The second-order valence-electron chi connectivity index (χ2n) is 4.69. The van der Waals surface area contributed by atoms with Gasteiger partial charge in [0.05, 0.1) is 13.2 Å². The fourth-order valence-corrected chi connectivity index (χ4v) is 1.53. The molecule has 0 bridgehead atoms. The monoisotopic (exact) mass is 292 g/mol. The first-order chi connectivity index (χ1) is 10.3. The molecule has 0 aromatic rings. The number of carboxylic acid groups (broad SMARTS) is 1. The summed E-state index contributed by atoms with van der Waals surface area (Å²) in [4.78, 5) is 10.3. The number of rotatable bonds is 13. The highest BCUT2D eigenvalue weighted by molar-refractivity contribution is 5.66. The van der Waals surface area contributed by atoms with Crippen molar-refractivity contribution in [3.63, 3.8) is 0 Å². The highest BCUT2D eigenvalue weighted by Crippen LogP contribution is 1.97. The Balaban J connectivity index is 3.37. The average Bonchev–Trinajstić information content (AvgIpc) is 2.46. The molecule has 0 unspecified atom stereocenters. The van der Waals surface area contributed by atoms with Gasteiger partial charge in [0.2, 0.25) is 0 Å². The minimum atomic E-state index is -0.781. The molecule has 0 rings (SSSR count). The fraction of sp³-hybridized carbons (Fsp3) is 0.556. The molecule has 1 N–H and O–H groups in total. The van der Waals surface area contributed by atoms with Gasteiger partial charge in [0, 0.05) is 6.42 Å². The second-order valence-corrected chi connectivity index (χ2v) is 4.69. The first-order valence-electron chi connectivity index (χ1n) is 7.76. The van der Waals surface area contributed by atoms with Crippen LogP contribution in [0.1, 0.15) is 51.9 Å². The maximum atomic E-state index is 10.3. The fourth-order valence-electron chi connectivity index (χ4n) is 1.53. The molecule has 3 nitrogen and oxygen atoms in total. The molecule has 0 saturated heterocycles. The standard InChI is InChI=1S/C18H28O3/c1-2-3-4-5-6-7-8-10-13-16-21-17-14-11-9-12-15-18(19)20/h5-6,8-10,14H,2-4,7,12-13,15-17H2,1H3,(H,19,20).